The van der Waals surface area contributed by atoms with Gasteiger partial charge in [0.15, 0.2) is 5.11 Å². The van der Waals surface area contributed by atoms with Crippen molar-refractivity contribution < 1.29 is 23.9 Å². The van der Waals surface area contributed by atoms with Gasteiger partial charge in [0.1, 0.15) is 11.8 Å². The standard InChI is InChI=1S/C20H25N3O5S/c1-13(2)28-18(25)12-16-19(26)21-10-11-23(16)20(29)22-17(24)9-6-14-4-7-15(27-3)8-5-14/h4-9,13,16H,10-12H2,1-3H3,(H,21,26)(H,22,24,29)/b9-6+. The lowest BCUT2D eigenvalue weighted by molar-refractivity contribution is -0.150. The lowest BCUT2D eigenvalue weighted by Crippen LogP contribution is -2.60. The van der Waals surface area contributed by atoms with Gasteiger partial charge in [0.2, 0.25) is 11.8 Å². The predicted molar refractivity (Wildman–Crippen MR) is 112 cm³/mol. The number of ether oxygens (including phenoxy) is 2. The second-order valence-corrected chi connectivity index (χ2v) is 7.03. The minimum Gasteiger partial charge on any atom is -0.497 e. The first-order chi connectivity index (χ1) is 13.8. The molecule has 2 amide bonds. The molecule has 1 aliphatic heterocycles. The van der Waals surface area contributed by atoms with Crippen LogP contribution in [-0.2, 0) is 19.1 Å². The van der Waals surface area contributed by atoms with Crippen molar-refractivity contribution in [3.63, 3.8) is 0 Å². The van der Waals surface area contributed by atoms with Crippen LogP contribution in [0.25, 0.3) is 6.08 Å². The van der Waals surface area contributed by atoms with Crippen LogP contribution in [-0.4, -0.2) is 60.1 Å². The third kappa shape index (κ3) is 6.86. The quantitative estimate of drug-likeness (QED) is 0.407. The van der Waals surface area contributed by atoms with Crippen LogP contribution < -0.4 is 15.4 Å². The molecule has 156 valence electrons. The molecule has 1 aliphatic rings. The number of carbonyl (C=O) groups excluding carboxylic acids is 3. The Hall–Kier alpha value is -2.94. The molecular formula is C20H25N3O5S. The molecule has 0 aromatic heterocycles. The van der Waals surface area contributed by atoms with Crippen molar-refractivity contribution >= 4 is 41.2 Å². The zero-order chi connectivity index (χ0) is 21.4. The SMILES string of the molecule is COc1ccc(/C=C/C(=O)NC(=S)N2CCNC(=O)C2CC(=O)OC(C)C)cc1. The summed E-state index contributed by atoms with van der Waals surface area (Å²) >= 11 is 5.30. The van der Waals surface area contributed by atoms with Gasteiger partial charge >= 0.3 is 5.97 Å². The lowest BCUT2D eigenvalue weighted by atomic mass is 10.1. The molecule has 1 aromatic rings. The summed E-state index contributed by atoms with van der Waals surface area (Å²) in [5.74, 6) is -0.540. The fourth-order valence-corrected chi connectivity index (χ4v) is 3.05. The molecule has 1 fully saturated rings. The van der Waals surface area contributed by atoms with E-state index >= 15 is 0 Å². The molecule has 1 heterocycles. The first-order valence-electron chi connectivity index (χ1n) is 9.21. The normalized spacial score (nSPS) is 16.5. The lowest BCUT2D eigenvalue weighted by Gasteiger charge is -2.36. The van der Waals surface area contributed by atoms with Crippen molar-refractivity contribution in [2.24, 2.45) is 0 Å². The largest absolute Gasteiger partial charge is 0.497 e. The number of amides is 2. The van der Waals surface area contributed by atoms with Gasteiger partial charge in [0.25, 0.3) is 0 Å². The number of piperazine rings is 1. The first-order valence-corrected chi connectivity index (χ1v) is 9.62. The van der Waals surface area contributed by atoms with Crippen LogP contribution in [0.5, 0.6) is 5.75 Å². The highest BCUT2D eigenvalue weighted by Crippen LogP contribution is 2.13. The number of thiocarbonyl (C=S) groups is 1. The van der Waals surface area contributed by atoms with Crippen LogP contribution in [0.15, 0.2) is 30.3 Å². The maximum absolute atomic E-state index is 12.2. The molecule has 1 saturated heterocycles. The highest BCUT2D eigenvalue weighted by Gasteiger charge is 2.34. The van der Waals surface area contributed by atoms with Crippen molar-refractivity contribution in [1.29, 1.82) is 0 Å². The number of carbonyl (C=O) groups is 3. The third-order valence-corrected chi connectivity index (χ3v) is 4.43. The van der Waals surface area contributed by atoms with E-state index in [1.807, 2.05) is 12.1 Å². The van der Waals surface area contributed by atoms with E-state index in [9.17, 15) is 14.4 Å². The molecule has 2 N–H and O–H groups in total. The average molecular weight is 420 g/mol. The Morgan fingerprint density at radius 2 is 2.03 bits per heavy atom. The zero-order valence-electron chi connectivity index (χ0n) is 16.6. The molecule has 2 rings (SSSR count). The minimum absolute atomic E-state index is 0.0894. The molecule has 1 atom stereocenters. The van der Waals surface area contributed by atoms with Crippen molar-refractivity contribution in [3.8, 4) is 5.75 Å². The Balaban J connectivity index is 1.98. The second-order valence-electron chi connectivity index (χ2n) is 6.64. The van der Waals surface area contributed by atoms with E-state index < -0.39 is 17.9 Å². The van der Waals surface area contributed by atoms with Gasteiger partial charge in [-0.05, 0) is 49.8 Å². The van der Waals surface area contributed by atoms with Gasteiger partial charge in [-0.3, -0.25) is 19.7 Å². The van der Waals surface area contributed by atoms with E-state index in [4.69, 9.17) is 21.7 Å². The Kier molecular flexibility index (Phi) is 8.14. The van der Waals surface area contributed by atoms with E-state index in [2.05, 4.69) is 10.6 Å². The maximum atomic E-state index is 12.2. The molecular weight excluding hydrogens is 394 g/mol. The third-order valence-electron chi connectivity index (χ3n) is 4.09. The van der Waals surface area contributed by atoms with Crippen molar-refractivity contribution in [1.82, 2.24) is 15.5 Å². The minimum atomic E-state index is -0.826. The van der Waals surface area contributed by atoms with Gasteiger partial charge in [-0.15, -0.1) is 0 Å². The molecule has 29 heavy (non-hydrogen) atoms. The molecule has 9 heteroatoms. The molecule has 0 radical (unpaired) electrons. The maximum Gasteiger partial charge on any atom is 0.308 e. The fraction of sp³-hybridized carbons (Fsp3) is 0.400. The molecule has 1 unspecified atom stereocenters. The van der Waals surface area contributed by atoms with Crippen LogP contribution >= 0.6 is 12.2 Å². The number of esters is 1. The Bertz CT molecular complexity index is 792. The molecule has 0 spiro atoms. The molecule has 8 nitrogen and oxygen atoms in total. The first kappa shape index (κ1) is 22.4. The highest BCUT2D eigenvalue weighted by atomic mass is 32.1. The predicted octanol–water partition coefficient (Wildman–Crippen LogP) is 1.25. The summed E-state index contributed by atoms with van der Waals surface area (Å²) in [5, 5.41) is 5.37. The fourth-order valence-electron chi connectivity index (χ4n) is 2.74. The summed E-state index contributed by atoms with van der Waals surface area (Å²) in [7, 11) is 1.58. The van der Waals surface area contributed by atoms with E-state index in [1.54, 1.807) is 39.2 Å². The Morgan fingerprint density at radius 3 is 2.66 bits per heavy atom. The molecule has 0 saturated carbocycles. The van der Waals surface area contributed by atoms with Gasteiger partial charge in [-0.1, -0.05) is 12.1 Å². The Morgan fingerprint density at radius 1 is 1.34 bits per heavy atom. The van der Waals surface area contributed by atoms with Crippen LogP contribution in [0.1, 0.15) is 25.8 Å². The second kappa shape index (κ2) is 10.6. The summed E-state index contributed by atoms with van der Waals surface area (Å²) in [5.41, 5.74) is 0.818. The number of nitrogens with zero attached hydrogens (tertiary/aromatic N) is 1. The number of methoxy groups -OCH3 is 1. The Labute approximate surface area is 175 Å². The van der Waals surface area contributed by atoms with Gasteiger partial charge in [0.05, 0.1) is 19.6 Å². The summed E-state index contributed by atoms with van der Waals surface area (Å²) < 4.78 is 10.2. The molecule has 1 aromatic carbocycles. The van der Waals surface area contributed by atoms with E-state index in [-0.39, 0.29) is 23.5 Å². The average Bonchev–Trinajstić information content (AvgIpc) is 2.67. The van der Waals surface area contributed by atoms with Crippen LogP contribution in [0.4, 0.5) is 0 Å². The van der Waals surface area contributed by atoms with Gasteiger partial charge in [0, 0.05) is 19.2 Å². The number of hydrogen-bond donors (Lipinski definition) is 2. The van der Waals surface area contributed by atoms with Crippen LogP contribution in [0.2, 0.25) is 0 Å². The number of rotatable bonds is 6. The van der Waals surface area contributed by atoms with Gasteiger partial charge in [-0.25, -0.2) is 0 Å². The number of nitrogens with one attached hydrogen (secondary N) is 2. The number of hydrogen-bond acceptors (Lipinski definition) is 6. The highest BCUT2D eigenvalue weighted by molar-refractivity contribution is 7.80. The van der Waals surface area contributed by atoms with Crippen molar-refractivity contribution in [2.75, 3.05) is 20.2 Å². The topological polar surface area (TPSA) is 97.0 Å². The molecule has 0 aliphatic carbocycles. The van der Waals surface area contributed by atoms with E-state index in [1.165, 1.54) is 11.0 Å². The monoisotopic (exact) mass is 419 g/mol. The molecule has 0 bridgehead atoms. The van der Waals surface area contributed by atoms with E-state index in [0.29, 0.717) is 13.1 Å². The van der Waals surface area contributed by atoms with Gasteiger partial charge < -0.3 is 19.7 Å². The van der Waals surface area contributed by atoms with Crippen molar-refractivity contribution in [3.05, 3.63) is 35.9 Å². The summed E-state index contributed by atoms with van der Waals surface area (Å²) in [6.07, 6.45) is 2.55. The van der Waals surface area contributed by atoms with Crippen molar-refractivity contribution in [2.45, 2.75) is 32.4 Å². The zero-order valence-corrected chi connectivity index (χ0v) is 17.5. The van der Waals surface area contributed by atoms with Crippen LogP contribution in [0, 0.1) is 0 Å². The summed E-state index contributed by atoms with van der Waals surface area (Å²) in [6.45, 7) is 4.21. The van der Waals surface area contributed by atoms with E-state index in [0.717, 1.165) is 11.3 Å². The summed E-state index contributed by atoms with van der Waals surface area (Å²) in [4.78, 5) is 38.0. The van der Waals surface area contributed by atoms with Gasteiger partial charge in [-0.2, -0.15) is 0 Å². The summed E-state index contributed by atoms with van der Waals surface area (Å²) in [6, 6.07) is 6.37. The smallest absolute Gasteiger partial charge is 0.308 e. The number of benzene rings is 1. The van der Waals surface area contributed by atoms with Crippen LogP contribution in [0.3, 0.4) is 0 Å².